The van der Waals surface area contributed by atoms with Crippen molar-refractivity contribution in [2.24, 2.45) is 0 Å². The molecule has 1 aromatic heterocycles. The molecular weight excluding hydrogens is 336 g/mol. The number of allylic oxidation sites excluding steroid dienone is 1. The summed E-state index contributed by atoms with van der Waals surface area (Å²) in [5.41, 5.74) is 0.348. The number of carbonyl (C=O) groups is 1. The highest BCUT2D eigenvalue weighted by molar-refractivity contribution is 9.10. The molecule has 116 valence electrons. The molecule has 6 nitrogen and oxygen atoms in total. The lowest BCUT2D eigenvalue weighted by molar-refractivity contribution is -0.121. The minimum Gasteiger partial charge on any atom is -0.382 e. The van der Waals surface area contributed by atoms with Gasteiger partial charge in [-0.1, -0.05) is 13.0 Å². The predicted octanol–water partition coefficient (Wildman–Crippen LogP) is 1.91. The van der Waals surface area contributed by atoms with E-state index in [0.29, 0.717) is 29.7 Å². The first-order chi connectivity index (χ1) is 9.99. The van der Waals surface area contributed by atoms with Crippen molar-refractivity contribution in [1.29, 1.82) is 0 Å². The zero-order valence-corrected chi connectivity index (χ0v) is 13.9. The molecule has 7 heteroatoms. The minimum absolute atomic E-state index is 0.0130. The molecule has 0 spiro atoms. The number of carbonyl (C=O) groups excluding carboxylic acids is 1. The molecule has 0 bridgehead atoms. The van der Waals surface area contributed by atoms with Gasteiger partial charge in [-0.2, -0.15) is 5.10 Å². The average Bonchev–Trinajstić information content (AvgIpc) is 2.46. The van der Waals surface area contributed by atoms with Crippen LogP contribution < -0.4 is 16.2 Å². The maximum absolute atomic E-state index is 11.9. The third-order valence-electron chi connectivity index (χ3n) is 2.97. The van der Waals surface area contributed by atoms with E-state index >= 15 is 0 Å². The lowest BCUT2D eigenvalue weighted by atomic mass is 10.2. The monoisotopic (exact) mass is 356 g/mol. The van der Waals surface area contributed by atoms with Gasteiger partial charge in [-0.05, 0) is 29.3 Å². The Labute approximate surface area is 132 Å². The van der Waals surface area contributed by atoms with Gasteiger partial charge in [0.25, 0.3) is 5.56 Å². The second-order valence-corrected chi connectivity index (χ2v) is 5.49. The summed E-state index contributed by atoms with van der Waals surface area (Å²) in [6.07, 6.45) is 4.40. The quantitative estimate of drug-likeness (QED) is 0.697. The van der Waals surface area contributed by atoms with Crippen LogP contribution in [-0.4, -0.2) is 28.3 Å². The Balaban J connectivity index is 2.57. The van der Waals surface area contributed by atoms with Crippen LogP contribution in [0, 0.1) is 0 Å². The summed E-state index contributed by atoms with van der Waals surface area (Å²) in [5, 5.41) is 9.95. The summed E-state index contributed by atoms with van der Waals surface area (Å²) < 4.78 is 1.71. The lowest BCUT2D eigenvalue weighted by Gasteiger charge is -2.12. The zero-order chi connectivity index (χ0) is 15.8. The van der Waals surface area contributed by atoms with Gasteiger partial charge in [0.05, 0.1) is 18.4 Å². The zero-order valence-electron chi connectivity index (χ0n) is 12.4. The van der Waals surface area contributed by atoms with Crippen LogP contribution in [0.15, 0.2) is 28.1 Å². The van der Waals surface area contributed by atoms with Crippen molar-refractivity contribution >= 4 is 27.5 Å². The SMILES string of the molecule is C=CCn1ncc(NCCC(=O)NC(C)CC)c(Br)c1=O. The van der Waals surface area contributed by atoms with E-state index in [-0.39, 0.29) is 17.5 Å². The van der Waals surface area contributed by atoms with Crippen LogP contribution in [0.25, 0.3) is 0 Å². The van der Waals surface area contributed by atoms with Crippen molar-refractivity contribution < 1.29 is 4.79 Å². The van der Waals surface area contributed by atoms with Crippen LogP contribution in [0.3, 0.4) is 0 Å². The first kappa shape index (κ1) is 17.4. The molecule has 0 saturated heterocycles. The summed E-state index contributed by atoms with van der Waals surface area (Å²) in [7, 11) is 0. The summed E-state index contributed by atoms with van der Waals surface area (Å²) in [6.45, 7) is 8.35. The van der Waals surface area contributed by atoms with E-state index in [2.05, 4.69) is 38.2 Å². The van der Waals surface area contributed by atoms with E-state index in [1.807, 2.05) is 13.8 Å². The van der Waals surface area contributed by atoms with Gasteiger partial charge in [0.2, 0.25) is 5.91 Å². The summed E-state index contributed by atoms with van der Waals surface area (Å²) in [5.74, 6) is -0.0130. The van der Waals surface area contributed by atoms with Gasteiger partial charge in [-0.25, -0.2) is 4.68 Å². The fourth-order valence-corrected chi connectivity index (χ4v) is 2.05. The molecule has 1 amide bonds. The van der Waals surface area contributed by atoms with E-state index in [4.69, 9.17) is 0 Å². The minimum atomic E-state index is -0.232. The lowest BCUT2D eigenvalue weighted by Crippen LogP contribution is -2.33. The smallest absolute Gasteiger partial charge is 0.283 e. The molecule has 0 aliphatic carbocycles. The van der Waals surface area contributed by atoms with Crippen LogP contribution in [0.1, 0.15) is 26.7 Å². The fraction of sp³-hybridized carbons (Fsp3) is 0.500. The number of halogens is 1. The number of nitrogens with zero attached hydrogens (tertiary/aromatic N) is 2. The highest BCUT2D eigenvalue weighted by Crippen LogP contribution is 2.15. The number of hydrogen-bond donors (Lipinski definition) is 2. The van der Waals surface area contributed by atoms with E-state index in [1.165, 1.54) is 4.68 Å². The van der Waals surface area contributed by atoms with Crippen molar-refractivity contribution in [3.8, 4) is 0 Å². The first-order valence-corrected chi connectivity index (χ1v) is 7.68. The highest BCUT2D eigenvalue weighted by atomic mass is 79.9. The van der Waals surface area contributed by atoms with Crippen molar-refractivity contribution in [3.63, 3.8) is 0 Å². The van der Waals surface area contributed by atoms with Crippen LogP contribution in [-0.2, 0) is 11.3 Å². The Morgan fingerprint density at radius 3 is 2.95 bits per heavy atom. The van der Waals surface area contributed by atoms with Crippen LogP contribution >= 0.6 is 15.9 Å². The number of anilines is 1. The molecule has 0 aliphatic rings. The number of hydrogen-bond acceptors (Lipinski definition) is 4. The van der Waals surface area contributed by atoms with Crippen molar-refractivity contribution in [3.05, 3.63) is 33.7 Å². The van der Waals surface area contributed by atoms with Crippen LogP contribution in [0.5, 0.6) is 0 Å². The van der Waals surface area contributed by atoms with Gasteiger partial charge in [0.15, 0.2) is 0 Å². The molecule has 1 aromatic rings. The molecule has 1 atom stereocenters. The Bertz CT molecular complexity index is 556. The molecule has 1 unspecified atom stereocenters. The fourth-order valence-electron chi connectivity index (χ4n) is 1.60. The maximum atomic E-state index is 11.9. The molecule has 1 rings (SSSR count). The number of aromatic nitrogens is 2. The number of rotatable bonds is 8. The van der Waals surface area contributed by atoms with Crippen LogP contribution in [0.2, 0.25) is 0 Å². The van der Waals surface area contributed by atoms with Crippen molar-refractivity contribution in [1.82, 2.24) is 15.1 Å². The van der Waals surface area contributed by atoms with E-state index in [9.17, 15) is 9.59 Å². The number of amides is 1. The van der Waals surface area contributed by atoms with Gasteiger partial charge < -0.3 is 10.6 Å². The number of nitrogens with one attached hydrogen (secondary N) is 2. The average molecular weight is 357 g/mol. The van der Waals surface area contributed by atoms with Gasteiger partial charge in [0.1, 0.15) is 4.47 Å². The van der Waals surface area contributed by atoms with E-state index in [1.54, 1.807) is 12.3 Å². The van der Waals surface area contributed by atoms with Gasteiger partial charge in [0, 0.05) is 19.0 Å². The van der Waals surface area contributed by atoms with E-state index in [0.717, 1.165) is 6.42 Å². The Kier molecular flexibility index (Phi) is 7.14. The maximum Gasteiger partial charge on any atom is 0.283 e. The van der Waals surface area contributed by atoms with Crippen molar-refractivity contribution in [2.75, 3.05) is 11.9 Å². The highest BCUT2D eigenvalue weighted by Gasteiger charge is 2.09. The summed E-state index contributed by atoms with van der Waals surface area (Å²) in [6, 6.07) is 0.175. The molecule has 0 saturated carbocycles. The van der Waals surface area contributed by atoms with Gasteiger partial charge in [-0.3, -0.25) is 9.59 Å². The van der Waals surface area contributed by atoms with Crippen LogP contribution in [0.4, 0.5) is 5.69 Å². The molecular formula is C14H21BrN4O2. The topological polar surface area (TPSA) is 76.0 Å². The van der Waals surface area contributed by atoms with E-state index < -0.39 is 0 Å². The molecule has 0 fully saturated rings. The summed E-state index contributed by atoms with van der Waals surface area (Å²) in [4.78, 5) is 23.6. The molecule has 0 radical (unpaired) electrons. The molecule has 1 heterocycles. The third kappa shape index (κ3) is 5.34. The van der Waals surface area contributed by atoms with Gasteiger partial charge in [-0.15, -0.1) is 6.58 Å². The molecule has 0 aromatic carbocycles. The third-order valence-corrected chi connectivity index (χ3v) is 3.74. The molecule has 2 N–H and O–H groups in total. The Morgan fingerprint density at radius 1 is 1.62 bits per heavy atom. The first-order valence-electron chi connectivity index (χ1n) is 6.89. The van der Waals surface area contributed by atoms with Crippen molar-refractivity contribution in [2.45, 2.75) is 39.3 Å². The molecule has 21 heavy (non-hydrogen) atoms. The summed E-state index contributed by atoms with van der Waals surface area (Å²) >= 11 is 3.25. The molecule has 0 aliphatic heterocycles. The Hall–Kier alpha value is -1.63. The second-order valence-electron chi connectivity index (χ2n) is 4.70. The standard InChI is InChI=1S/C14H21BrN4O2/c1-4-8-19-14(21)13(15)11(9-17-19)16-7-6-12(20)18-10(3)5-2/h4,9-10,16H,1,5-8H2,2-3H3,(H,18,20). The normalized spacial score (nSPS) is 11.8. The second kappa shape index (κ2) is 8.61. The largest absolute Gasteiger partial charge is 0.382 e. The predicted molar refractivity (Wildman–Crippen MR) is 87.4 cm³/mol. The van der Waals surface area contributed by atoms with Gasteiger partial charge >= 0.3 is 0 Å². The Morgan fingerprint density at radius 2 is 2.33 bits per heavy atom.